The van der Waals surface area contributed by atoms with E-state index in [1.807, 2.05) is 6.07 Å². The number of nitro groups is 1. The van der Waals surface area contributed by atoms with Crippen molar-refractivity contribution < 1.29 is 14.5 Å². The molecule has 1 aromatic carbocycles. The van der Waals surface area contributed by atoms with Gasteiger partial charge in [0.2, 0.25) is 0 Å². The number of hydrogen-bond donors (Lipinski definition) is 0. The van der Waals surface area contributed by atoms with Crippen LogP contribution in [0.3, 0.4) is 0 Å². The topological polar surface area (TPSA) is 74.4 Å². The summed E-state index contributed by atoms with van der Waals surface area (Å²) in [4.78, 5) is 21.8. The third-order valence-corrected chi connectivity index (χ3v) is 2.81. The predicted molar refractivity (Wildman–Crippen MR) is 74.4 cm³/mol. The zero-order valence-electron chi connectivity index (χ0n) is 11.0. The van der Waals surface area contributed by atoms with Crippen LogP contribution in [0.25, 0.3) is 10.9 Å². The number of carbonyl (C=O) groups excluding carboxylic acids is 1. The lowest BCUT2D eigenvalue weighted by Gasteiger charge is -2.02. The van der Waals surface area contributed by atoms with Gasteiger partial charge in [-0.25, -0.2) is 4.79 Å². The Morgan fingerprint density at radius 3 is 2.95 bits per heavy atom. The highest BCUT2D eigenvalue weighted by Crippen LogP contribution is 2.26. The first-order valence-electron chi connectivity index (χ1n) is 6.19. The molecule has 0 aliphatic carbocycles. The van der Waals surface area contributed by atoms with E-state index in [0.717, 1.165) is 5.39 Å². The smallest absolute Gasteiger partial charge is 0.330 e. The van der Waals surface area contributed by atoms with Crippen LogP contribution < -0.4 is 0 Å². The second-order valence-electron chi connectivity index (χ2n) is 4.09. The standard InChI is InChI=1S/C14H14N2O4/c1-2-20-13(17)7-4-9-15-10-8-11-5-3-6-12(14(11)15)16(18)19/h3-8,10H,2,9H2,1H3/b7-4+. The minimum Gasteiger partial charge on any atom is -0.463 e. The Hall–Kier alpha value is -2.63. The molecule has 2 rings (SSSR count). The van der Waals surface area contributed by atoms with E-state index in [1.165, 1.54) is 12.1 Å². The molecule has 1 heterocycles. The molecule has 0 atom stereocenters. The van der Waals surface area contributed by atoms with Gasteiger partial charge in [-0.3, -0.25) is 10.1 Å². The van der Waals surface area contributed by atoms with E-state index >= 15 is 0 Å². The molecule has 2 aromatic rings. The number of nitrogens with zero attached hydrogens (tertiary/aromatic N) is 2. The summed E-state index contributed by atoms with van der Waals surface area (Å²) in [6, 6.07) is 6.74. The number of aromatic nitrogens is 1. The number of para-hydroxylation sites is 1. The highest BCUT2D eigenvalue weighted by atomic mass is 16.6. The molecule has 1 aromatic heterocycles. The fourth-order valence-corrected chi connectivity index (χ4v) is 1.99. The fraction of sp³-hybridized carbons (Fsp3) is 0.214. The van der Waals surface area contributed by atoms with E-state index in [9.17, 15) is 14.9 Å². The van der Waals surface area contributed by atoms with Gasteiger partial charge in [0.1, 0.15) is 5.52 Å². The number of carbonyl (C=O) groups is 1. The van der Waals surface area contributed by atoms with Crippen molar-refractivity contribution in [2.45, 2.75) is 13.5 Å². The molecule has 0 aliphatic rings. The van der Waals surface area contributed by atoms with Gasteiger partial charge in [0, 0.05) is 30.3 Å². The minimum absolute atomic E-state index is 0.0528. The lowest BCUT2D eigenvalue weighted by atomic mass is 10.2. The summed E-state index contributed by atoms with van der Waals surface area (Å²) >= 11 is 0. The van der Waals surface area contributed by atoms with E-state index < -0.39 is 10.9 Å². The average Bonchev–Trinajstić information content (AvgIpc) is 2.82. The van der Waals surface area contributed by atoms with Crippen LogP contribution in [-0.2, 0) is 16.1 Å². The van der Waals surface area contributed by atoms with Crippen molar-refractivity contribution in [1.29, 1.82) is 0 Å². The van der Waals surface area contributed by atoms with E-state index in [0.29, 0.717) is 18.7 Å². The maximum atomic E-state index is 11.2. The third-order valence-electron chi connectivity index (χ3n) is 2.81. The normalized spacial score (nSPS) is 11.1. The first kappa shape index (κ1) is 13.8. The van der Waals surface area contributed by atoms with Crippen molar-refractivity contribution in [3.8, 4) is 0 Å². The van der Waals surface area contributed by atoms with E-state index in [2.05, 4.69) is 0 Å². The second kappa shape index (κ2) is 6.01. The molecule has 20 heavy (non-hydrogen) atoms. The second-order valence-corrected chi connectivity index (χ2v) is 4.09. The van der Waals surface area contributed by atoms with Gasteiger partial charge in [0.25, 0.3) is 5.69 Å². The van der Waals surface area contributed by atoms with Crippen molar-refractivity contribution in [1.82, 2.24) is 4.57 Å². The van der Waals surface area contributed by atoms with Crippen molar-refractivity contribution in [3.63, 3.8) is 0 Å². The number of ether oxygens (including phenoxy) is 1. The Balaban J connectivity index is 2.27. The summed E-state index contributed by atoms with van der Waals surface area (Å²) in [7, 11) is 0. The molecule has 0 aliphatic heterocycles. The van der Waals surface area contributed by atoms with Gasteiger partial charge in [0.05, 0.1) is 11.5 Å². The molecule has 0 radical (unpaired) electrons. The number of nitro benzene ring substituents is 1. The van der Waals surface area contributed by atoms with Crippen LogP contribution in [0.4, 0.5) is 5.69 Å². The number of benzene rings is 1. The minimum atomic E-state index is -0.418. The molecule has 0 saturated carbocycles. The van der Waals surface area contributed by atoms with Crippen molar-refractivity contribution >= 4 is 22.6 Å². The molecular weight excluding hydrogens is 260 g/mol. The average molecular weight is 274 g/mol. The van der Waals surface area contributed by atoms with E-state index in [4.69, 9.17) is 4.74 Å². The number of rotatable bonds is 5. The molecule has 0 bridgehead atoms. The quantitative estimate of drug-likeness (QED) is 0.363. The molecule has 0 amide bonds. The van der Waals surface area contributed by atoms with Crippen molar-refractivity contribution in [2.75, 3.05) is 6.61 Å². The van der Waals surface area contributed by atoms with Gasteiger partial charge in [-0.2, -0.15) is 0 Å². The van der Waals surface area contributed by atoms with Crippen LogP contribution >= 0.6 is 0 Å². The molecule has 104 valence electrons. The molecule has 0 unspecified atom stereocenters. The number of hydrogen-bond acceptors (Lipinski definition) is 4. The van der Waals surface area contributed by atoms with Crippen LogP contribution in [0.15, 0.2) is 42.6 Å². The first-order valence-corrected chi connectivity index (χ1v) is 6.19. The Labute approximate surface area is 115 Å². The summed E-state index contributed by atoms with van der Waals surface area (Å²) in [5.41, 5.74) is 0.600. The van der Waals surface area contributed by atoms with Crippen molar-refractivity contribution in [3.05, 3.63) is 52.7 Å². The lowest BCUT2D eigenvalue weighted by molar-refractivity contribution is -0.383. The highest BCUT2D eigenvalue weighted by molar-refractivity contribution is 5.88. The Morgan fingerprint density at radius 2 is 2.25 bits per heavy atom. The molecule has 0 saturated heterocycles. The summed E-state index contributed by atoms with van der Waals surface area (Å²) in [5.74, 6) is -0.418. The third kappa shape index (κ3) is 2.85. The van der Waals surface area contributed by atoms with Crippen LogP contribution in [0.2, 0.25) is 0 Å². The number of allylic oxidation sites excluding steroid dienone is 1. The fourth-order valence-electron chi connectivity index (χ4n) is 1.99. The Kier molecular flexibility index (Phi) is 4.14. The van der Waals surface area contributed by atoms with Gasteiger partial charge in [-0.15, -0.1) is 0 Å². The Bertz CT molecular complexity index is 673. The van der Waals surface area contributed by atoms with E-state index in [1.54, 1.807) is 35.9 Å². The molecular formula is C14H14N2O4. The summed E-state index contributed by atoms with van der Waals surface area (Å²) in [5, 5.41) is 11.8. The Morgan fingerprint density at radius 1 is 1.45 bits per heavy atom. The highest BCUT2D eigenvalue weighted by Gasteiger charge is 2.14. The predicted octanol–water partition coefficient (Wildman–Crippen LogP) is 2.67. The summed E-state index contributed by atoms with van der Waals surface area (Å²) in [6.07, 6.45) is 4.70. The van der Waals surface area contributed by atoms with Gasteiger partial charge >= 0.3 is 5.97 Å². The molecule has 0 fully saturated rings. The van der Waals surface area contributed by atoms with E-state index in [-0.39, 0.29) is 5.69 Å². The van der Waals surface area contributed by atoms with Crippen LogP contribution in [-0.4, -0.2) is 22.1 Å². The molecule has 0 N–H and O–H groups in total. The van der Waals surface area contributed by atoms with Gasteiger partial charge < -0.3 is 9.30 Å². The largest absolute Gasteiger partial charge is 0.463 e. The number of esters is 1. The number of fused-ring (bicyclic) bond motifs is 1. The summed E-state index contributed by atoms with van der Waals surface area (Å²) in [6.45, 7) is 2.42. The molecule has 6 nitrogen and oxygen atoms in total. The van der Waals surface area contributed by atoms with Gasteiger partial charge in [0.15, 0.2) is 0 Å². The summed E-state index contributed by atoms with van der Waals surface area (Å²) < 4.78 is 6.49. The zero-order valence-corrected chi connectivity index (χ0v) is 11.0. The van der Waals surface area contributed by atoms with Gasteiger partial charge in [-0.1, -0.05) is 18.2 Å². The van der Waals surface area contributed by atoms with Gasteiger partial charge in [-0.05, 0) is 13.0 Å². The van der Waals surface area contributed by atoms with Crippen LogP contribution in [0.5, 0.6) is 0 Å². The van der Waals surface area contributed by atoms with Crippen LogP contribution in [0, 0.1) is 10.1 Å². The first-order chi connectivity index (χ1) is 9.63. The monoisotopic (exact) mass is 274 g/mol. The SMILES string of the molecule is CCOC(=O)/C=C/Cn1ccc2cccc([N+](=O)[O-])c21. The number of non-ortho nitro benzene ring substituents is 1. The molecule has 0 spiro atoms. The maximum Gasteiger partial charge on any atom is 0.330 e. The van der Waals surface area contributed by atoms with Crippen molar-refractivity contribution in [2.24, 2.45) is 0 Å². The lowest BCUT2D eigenvalue weighted by Crippen LogP contribution is -2.01. The zero-order chi connectivity index (χ0) is 14.5. The van der Waals surface area contributed by atoms with Crippen LogP contribution in [0.1, 0.15) is 6.92 Å². The molecule has 6 heteroatoms. The maximum absolute atomic E-state index is 11.2.